The average Bonchev–Trinajstić information content (AvgIpc) is 3.04. The summed E-state index contributed by atoms with van der Waals surface area (Å²) >= 11 is 0. The third-order valence-electron chi connectivity index (χ3n) is 5.14. The van der Waals surface area contributed by atoms with E-state index in [2.05, 4.69) is 21.9 Å². The fourth-order valence-corrected chi connectivity index (χ4v) is 3.99. The van der Waals surface area contributed by atoms with Crippen molar-refractivity contribution in [3.63, 3.8) is 0 Å². The van der Waals surface area contributed by atoms with Crippen LogP contribution in [0.1, 0.15) is 45.4 Å². The quantitative estimate of drug-likeness (QED) is 0.905. The van der Waals surface area contributed by atoms with Gasteiger partial charge in [-0.2, -0.15) is 5.10 Å². The molecule has 6 nitrogen and oxygen atoms in total. The molecule has 1 saturated carbocycles. The molecule has 1 aliphatic heterocycles. The summed E-state index contributed by atoms with van der Waals surface area (Å²) in [7, 11) is 0. The highest BCUT2D eigenvalue weighted by Gasteiger charge is 2.48. The maximum absolute atomic E-state index is 12.5. The van der Waals surface area contributed by atoms with Gasteiger partial charge in [-0.1, -0.05) is 6.92 Å². The number of aromatic nitrogens is 3. The third-order valence-corrected chi connectivity index (χ3v) is 5.14. The van der Waals surface area contributed by atoms with Crippen molar-refractivity contribution < 1.29 is 9.90 Å². The lowest BCUT2D eigenvalue weighted by molar-refractivity contribution is -0.134. The summed E-state index contributed by atoms with van der Waals surface area (Å²) in [6, 6.07) is 0.319. The Labute approximate surface area is 125 Å². The second-order valence-corrected chi connectivity index (χ2v) is 6.70. The Morgan fingerprint density at radius 2 is 2.33 bits per heavy atom. The lowest BCUT2D eigenvalue weighted by Gasteiger charge is -2.41. The number of rotatable bonds is 4. The van der Waals surface area contributed by atoms with Crippen LogP contribution in [-0.4, -0.2) is 49.4 Å². The maximum Gasteiger partial charge on any atom is 0.222 e. The van der Waals surface area contributed by atoms with E-state index in [9.17, 15) is 9.90 Å². The molecule has 3 rings (SSSR count). The van der Waals surface area contributed by atoms with E-state index in [1.165, 1.54) is 6.33 Å². The molecule has 1 saturated heterocycles. The van der Waals surface area contributed by atoms with E-state index < -0.39 is 0 Å². The Morgan fingerprint density at radius 1 is 1.48 bits per heavy atom. The molecule has 0 unspecified atom stereocenters. The van der Waals surface area contributed by atoms with Crippen LogP contribution < -0.4 is 0 Å². The number of hydrogen-bond acceptors (Lipinski definition) is 4. The highest BCUT2D eigenvalue weighted by atomic mass is 16.3. The first kappa shape index (κ1) is 14.5. The van der Waals surface area contributed by atoms with Gasteiger partial charge in [0.25, 0.3) is 0 Å². The first-order valence-electron chi connectivity index (χ1n) is 7.88. The molecular weight excluding hydrogens is 268 g/mol. The SMILES string of the molecule is C[C@@]12CCN(C(=O)CCCn3cncn3)[C@@H]1CC[C@@H](O)C2. The van der Waals surface area contributed by atoms with E-state index in [-0.39, 0.29) is 17.4 Å². The summed E-state index contributed by atoms with van der Waals surface area (Å²) in [5.41, 5.74) is 0.110. The molecule has 2 fully saturated rings. The number of aliphatic hydroxyl groups excluding tert-OH is 1. The number of carbonyl (C=O) groups excluding carboxylic acids is 1. The predicted molar refractivity (Wildman–Crippen MR) is 77.3 cm³/mol. The van der Waals surface area contributed by atoms with Crippen LogP contribution in [0.2, 0.25) is 0 Å². The topological polar surface area (TPSA) is 71.2 Å². The van der Waals surface area contributed by atoms with Crippen LogP contribution in [0.25, 0.3) is 0 Å². The van der Waals surface area contributed by atoms with Gasteiger partial charge in [-0.25, -0.2) is 4.98 Å². The van der Waals surface area contributed by atoms with E-state index in [1.54, 1.807) is 11.0 Å². The molecule has 1 amide bonds. The molecule has 0 aromatic carbocycles. The number of carbonyl (C=O) groups is 1. The van der Waals surface area contributed by atoms with Crippen LogP contribution in [0.5, 0.6) is 0 Å². The number of hydrogen-bond donors (Lipinski definition) is 1. The standard InChI is InChI=1S/C15H24N4O2/c1-15-6-8-19(13(15)5-4-12(20)9-15)14(21)3-2-7-18-11-16-10-17-18/h10-13,20H,2-9H2,1H3/t12-,13-,15+/m1/s1. The largest absolute Gasteiger partial charge is 0.393 e. The second-order valence-electron chi connectivity index (χ2n) is 6.70. The first-order chi connectivity index (χ1) is 10.1. The number of amides is 1. The number of fused-ring (bicyclic) bond motifs is 1. The van der Waals surface area contributed by atoms with Gasteiger partial charge < -0.3 is 10.0 Å². The van der Waals surface area contributed by atoms with E-state index in [0.29, 0.717) is 12.5 Å². The monoisotopic (exact) mass is 292 g/mol. The Hall–Kier alpha value is -1.43. The van der Waals surface area contributed by atoms with Gasteiger partial charge in [0.1, 0.15) is 12.7 Å². The lowest BCUT2D eigenvalue weighted by Crippen LogP contribution is -2.46. The predicted octanol–water partition coefficient (Wildman–Crippen LogP) is 1.21. The Bertz CT molecular complexity index is 490. The molecule has 1 aromatic heterocycles. The van der Waals surface area contributed by atoms with Crippen molar-refractivity contribution in [3.8, 4) is 0 Å². The summed E-state index contributed by atoms with van der Waals surface area (Å²) in [6.07, 6.45) is 7.98. The summed E-state index contributed by atoms with van der Waals surface area (Å²) in [6.45, 7) is 3.80. The Morgan fingerprint density at radius 3 is 3.10 bits per heavy atom. The Balaban J connectivity index is 1.53. The second kappa shape index (κ2) is 5.75. The van der Waals surface area contributed by atoms with Crippen molar-refractivity contribution in [2.75, 3.05) is 6.54 Å². The van der Waals surface area contributed by atoms with Gasteiger partial charge in [0.15, 0.2) is 0 Å². The average molecular weight is 292 g/mol. The number of likely N-dealkylation sites (tertiary alicyclic amines) is 1. The van der Waals surface area contributed by atoms with Crippen molar-refractivity contribution in [2.45, 2.75) is 64.1 Å². The fraction of sp³-hybridized carbons (Fsp3) is 0.800. The van der Waals surface area contributed by atoms with Crippen LogP contribution in [0.4, 0.5) is 0 Å². The molecule has 1 N–H and O–H groups in total. The molecule has 1 aliphatic carbocycles. The van der Waals surface area contributed by atoms with E-state index in [0.717, 1.165) is 45.2 Å². The summed E-state index contributed by atoms with van der Waals surface area (Å²) in [4.78, 5) is 18.4. The minimum atomic E-state index is -0.186. The third kappa shape index (κ3) is 2.95. The van der Waals surface area contributed by atoms with Gasteiger partial charge in [-0.3, -0.25) is 9.48 Å². The van der Waals surface area contributed by atoms with Gasteiger partial charge in [0, 0.05) is 25.6 Å². The summed E-state index contributed by atoms with van der Waals surface area (Å²) in [5.74, 6) is 0.250. The number of aliphatic hydroxyl groups is 1. The van der Waals surface area contributed by atoms with Crippen LogP contribution in [0.15, 0.2) is 12.7 Å². The summed E-state index contributed by atoms with van der Waals surface area (Å²) in [5, 5.41) is 13.9. The lowest BCUT2D eigenvalue weighted by atomic mass is 9.71. The van der Waals surface area contributed by atoms with Crippen LogP contribution in [-0.2, 0) is 11.3 Å². The van der Waals surface area contributed by atoms with Crippen molar-refractivity contribution in [3.05, 3.63) is 12.7 Å². The molecular formula is C15H24N4O2. The zero-order valence-corrected chi connectivity index (χ0v) is 12.6. The molecule has 3 atom stereocenters. The molecule has 0 spiro atoms. The zero-order chi connectivity index (χ0) is 14.9. The minimum absolute atomic E-state index is 0.110. The van der Waals surface area contributed by atoms with Gasteiger partial charge in [0.2, 0.25) is 5.91 Å². The van der Waals surface area contributed by atoms with Crippen LogP contribution in [0, 0.1) is 5.41 Å². The maximum atomic E-state index is 12.5. The number of aryl methyl sites for hydroxylation is 1. The fourth-order valence-electron chi connectivity index (χ4n) is 3.99. The van der Waals surface area contributed by atoms with Crippen molar-refractivity contribution >= 4 is 5.91 Å². The summed E-state index contributed by atoms with van der Waals surface area (Å²) < 4.78 is 1.76. The number of nitrogens with zero attached hydrogens (tertiary/aromatic N) is 4. The van der Waals surface area contributed by atoms with E-state index in [1.807, 2.05) is 0 Å². The van der Waals surface area contributed by atoms with Crippen molar-refractivity contribution in [1.29, 1.82) is 0 Å². The molecule has 21 heavy (non-hydrogen) atoms. The molecule has 0 radical (unpaired) electrons. The highest BCUT2D eigenvalue weighted by Crippen LogP contribution is 2.46. The zero-order valence-electron chi connectivity index (χ0n) is 12.6. The molecule has 0 bridgehead atoms. The van der Waals surface area contributed by atoms with Gasteiger partial charge in [-0.05, 0) is 37.5 Å². The van der Waals surface area contributed by atoms with Gasteiger partial charge in [-0.15, -0.1) is 0 Å². The normalized spacial score (nSPS) is 32.2. The molecule has 6 heteroatoms. The molecule has 2 aliphatic rings. The van der Waals surface area contributed by atoms with Gasteiger partial charge in [0.05, 0.1) is 6.10 Å². The van der Waals surface area contributed by atoms with Crippen LogP contribution >= 0.6 is 0 Å². The van der Waals surface area contributed by atoms with E-state index >= 15 is 0 Å². The minimum Gasteiger partial charge on any atom is -0.393 e. The van der Waals surface area contributed by atoms with Crippen LogP contribution in [0.3, 0.4) is 0 Å². The molecule has 1 aromatic rings. The molecule has 2 heterocycles. The molecule has 116 valence electrons. The van der Waals surface area contributed by atoms with Crippen molar-refractivity contribution in [1.82, 2.24) is 19.7 Å². The highest BCUT2D eigenvalue weighted by molar-refractivity contribution is 5.77. The smallest absolute Gasteiger partial charge is 0.222 e. The Kier molecular flexibility index (Phi) is 3.97. The van der Waals surface area contributed by atoms with Gasteiger partial charge >= 0.3 is 0 Å². The van der Waals surface area contributed by atoms with Crippen molar-refractivity contribution in [2.24, 2.45) is 5.41 Å². The van der Waals surface area contributed by atoms with E-state index in [4.69, 9.17) is 0 Å². The first-order valence-corrected chi connectivity index (χ1v) is 7.88.